The van der Waals surface area contributed by atoms with E-state index in [0.717, 1.165) is 0 Å². The quantitative estimate of drug-likeness (QED) is 0.574. The lowest BCUT2D eigenvalue weighted by atomic mass is 10.2. The number of nitrogens with zero attached hydrogens (tertiary/aromatic N) is 1. The van der Waals surface area contributed by atoms with E-state index in [1.165, 1.54) is 4.90 Å². The van der Waals surface area contributed by atoms with Crippen LogP contribution in [0.5, 0.6) is 0 Å². The van der Waals surface area contributed by atoms with Gasteiger partial charge in [-0.25, -0.2) is 9.59 Å². The Morgan fingerprint density at radius 2 is 1.95 bits per heavy atom. The van der Waals surface area contributed by atoms with Gasteiger partial charge in [0.15, 0.2) is 0 Å². The third-order valence-corrected chi connectivity index (χ3v) is 2.75. The average Bonchev–Trinajstić information content (AvgIpc) is 2.70. The summed E-state index contributed by atoms with van der Waals surface area (Å²) >= 11 is 0. The largest absolute Gasteiger partial charge is 0.464 e. The molecule has 6 nitrogen and oxygen atoms in total. The van der Waals surface area contributed by atoms with Crippen molar-refractivity contribution in [3.63, 3.8) is 0 Å². The van der Waals surface area contributed by atoms with Crippen LogP contribution in [0, 0.1) is 0 Å². The molecule has 1 amide bonds. The van der Waals surface area contributed by atoms with Crippen LogP contribution in [0.2, 0.25) is 0 Å². The third kappa shape index (κ3) is 3.94. The maximum atomic E-state index is 12.1. The molecule has 1 rings (SSSR count). The van der Waals surface area contributed by atoms with Gasteiger partial charge in [0, 0.05) is 0 Å². The first-order valence-electron chi connectivity index (χ1n) is 6.43. The number of rotatable bonds is 3. The van der Waals surface area contributed by atoms with Crippen LogP contribution in [0.4, 0.5) is 4.79 Å². The Morgan fingerprint density at radius 3 is 2.42 bits per heavy atom. The van der Waals surface area contributed by atoms with Gasteiger partial charge in [0.2, 0.25) is 0 Å². The maximum absolute atomic E-state index is 12.1. The van der Waals surface area contributed by atoms with Gasteiger partial charge in [-0.05, 0) is 40.5 Å². The van der Waals surface area contributed by atoms with Crippen molar-refractivity contribution in [2.75, 3.05) is 6.61 Å². The van der Waals surface area contributed by atoms with Crippen LogP contribution in [0.15, 0.2) is 0 Å². The van der Waals surface area contributed by atoms with Crippen LogP contribution in [0.1, 0.15) is 40.5 Å². The van der Waals surface area contributed by atoms with Crippen LogP contribution in [-0.4, -0.2) is 47.5 Å². The van der Waals surface area contributed by atoms with Gasteiger partial charge in [0.25, 0.3) is 0 Å². The molecule has 1 aliphatic heterocycles. The van der Waals surface area contributed by atoms with E-state index in [1.807, 2.05) is 0 Å². The van der Waals surface area contributed by atoms with Gasteiger partial charge in [0.1, 0.15) is 17.9 Å². The van der Waals surface area contributed by atoms with Gasteiger partial charge in [-0.2, -0.15) is 0 Å². The summed E-state index contributed by atoms with van der Waals surface area (Å²) in [5.74, 6) is -0.488. The van der Waals surface area contributed by atoms with E-state index in [9.17, 15) is 14.4 Å². The number of carbonyl (C=O) groups excluding carboxylic acids is 3. The summed E-state index contributed by atoms with van der Waals surface area (Å²) in [5.41, 5.74) is -0.674. The first kappa shape index (κ1) is 15.5. The van der Waals surface area contributed by atoms with Crippen molar-refractivity contribution in [1.29, 1.82) is 0 Å². The summed E-state index contributed by atoms with van der Waals surface area (Å²) in [4.78, 5) is 36.1. The molecular weight excluding hydrogens is 250 g/mol. The van der Waals surface area contributed by atoms with Crippen molar-refractivity contribution >= 4 is 18.3 Å². The molecule has 1 heterocycles. The lowest BCUT2D eigenvalue weighted by Gasteiger charge is -2.29. The van der Waals surface area contributed by atoms with Crippen LogP contribution in [0.3, 0.4) is 0 Å². The highest BCUT2D eigenvalue weighted by Gasteiger charge is 2.43. The standard InChI is InChI=1S/C13H21NO5/c1-5-18-11(16)10-7-6-9(8-15)14(10)12(17)19-13(2,3)4/h8-10H,5-7H2,1-4H3/t9-,10+/m0/s1. The Balaban J connectivity index is 2.85. The molecule has 0 aromatic rings. The number of aldehydes is 1. The van der Waals surface area contributed by atoms with Crippen LogP contribution >= 0.6 is 0 Å². The summed E-state index contributed by atoms with van der Waals surface area (Å²) in [6.45, 7) is 7.13. The Hall–Kier alpha value is -1.59. The molecular formula is C13H21NO5. The second-order valence-electron chi connectivity index (χ2n) is 5.44. The molecule has 0 N–H and O–H groups in total. The van der Waals surface area contributed by atoms with Crippen molar-refractivity contribution in [2.45, 2.75) is 58.2 Å². The highest BCUT2D eigenvalue weighted by Crippen LogP contribution is 2.26. The van der Waals surface area contributed by atoms with Crippen LogP contribution in [0.25, 0.3) is 0 Å². The van der Waals surface area contributed by atoms with E-state index < -0.39 is 29.7 Å². The minimum atomic E-state index is -0.731. The Morgan fingerprint density at radius 1 is 1.32 bits per heavy atom. The molecule has 108 valence electrons. The number of amides is 1. The second kappa shape index (κ2) is 6.04. The van der Waals surface area contributed by atoms with Crippen molar-refractivity contribution in [2.24, 2.45) is 0 Å². The molecule has 0 aliphatic carbocycles. The van der Waals surface area contributed by atoms with E-state index in [4.69, 9.17) is 9.47 Å². The Labute approximate surface area is 113 Å². The van der Waals surface area contributed by atoms with Gasteiger partial charge in [-0.15, -0.1) is 0 Å². The van der Waals surface area contributed by atoms with Gasteiger partial charge in [-0.1, -0.05) is 0 Å². The maximum Gasteiger partial charge on any atom is 0.411 e. The Kier molecular flexibility index (Phi) is 4.91. The highest BCUT2D eigenvalue weighted by molar-refractivity contribution is 5.85. The lowest BCUT2D eigenvalue weighted by Crippen LogP contribution is -2.48. The van der Waals surface area contributed by atoms with Crippen molar-refractivity contribution < 1.29 is 23.9 Å². The first-order valence-corrected chi connectivity index (χ1v) is 6.43. The van der Waals surface area contributed by atoms with Crippen molar-refractivity contribution in [3.8, 4) is 0 Å². The summed E-state index contributed by atoms with van der Waals surface area (Å²) < 4.78 is 10.2. The van der Waals surface area contributed by atoms with Crippen LogP contribution in [-0.2, 0) is 19.1 Å². The van der Waals surface area contributed by atoms with E-state index in [1.54, 1.807) is 27.7 Å². The monoisotopic (exact) mass is 271 g/mol. The van der Waals surface area contributed by atoms with E-state index in [-0.39, 0.29) is 6.61 Å². The number of carbonyl (C=O) groups is 3. The first-order chi connectivity index (χ1) is 8.80. The predicted molar refractivity (Wildman–Crippen MR) is 67.6 cm³/mol. The number of ether oxygens (including phenoxy) is 2. The summed E-state index contributed by atoms with van der Waals surface area (Å²) in [5, 5.41) is 0. The fourth-order valence-corrected chi connectivity index (χ4v) is 2.02. The predicted octanol–water partition coefficient (Wildman–Crippen LogP) is 1.52. The smallest absolute Gasteiger partial charge is 0.411 e. The molecule has 6 heteroatoms. The molecule has 0 unspecified atom stereocenters. The van der Waals surface area contributed by atoms with E-state index in [0.29, 0.717) is 19.1 Å². The van der Waals surface area contributed by atoms with Crippen molar-refractivity contribution in [3.05, 3.63) is 0 Å². The molecule has 0 saturated carbocycles. The normalized spacial score (nSPS) is 23.1. The summed E-state index contributed by atoms with van der Waals surface area (Å²) in [6.07, 6.45) is 0.886. The van der Waals surface area contributed by atoms with Gasteiger partial charge >= 0.3 is 12.1 Å². The zero-order valence-electron chi connectivity index (χ0n) is 11.8. The fraction of sp³-hybridized carbons (Fsp3) is 0.769. The lowest BCUT2D eigenvalue weighted by molar-refractivity contribution is -0.148. The molecule has 19 heavy (non-hydrogen) atoms. The summed E-state index contributed by atoms with van der Waals surface area (Å²) in [7, 11) is 0. The van der Waals surface area contributed by atoms with Crippen LogP contribution < -0.4 is 0 Å². The number of likely N-dealkylation sites (tertiary alicyclic amines) is 1. The second-order valence-corrected chi connectivity index (χ2v) is 5.44. The third-order valence-electron chi connectivity index (χ3n) is 2.75. The molecule has 0 bridgehead atoms. The minimum absolute atomic E-state index is 0.239. The summed E-state index contributed by atoms with van der Waals surface area (Å²) in [6, 6.07) is -1.35. The number of esters is 1. The molecule has 0 aromatic heterocycles. The SMILES string of the molecule is CCOC(=O)[C@H]1CC[C@@H](C=O)N1C(=O)OC(C)(C)C. The molecule has 0 aromatic carbocycles. The molecule has 1 aliphatic rings. The molecule has 2 atom stereocenters. The molecule has 1 fully saturated rings. The van der Waals surface area contributed by atoms with Gasteiger partial charge in [-0.3, -0.25) is 4.90 Å². The topological polar surface area (TPSA) is 72.9 Å². The fourth-order valence-electron chi connectivity index (χ4n) is 2.02. The Bertz CT molecular complexity index is 361. The zero-order chi connectivity index (χ0) is 14.6. The highest BCUT2D eigenvalue weighted by atomic mass is 16.6. The zero-order valence-corrected chi connectivity index (χ0v) is 11.8. The average molecular weight is 271 g/mol. The molecule has 1 saturated heterocycles. The number of hydrogen-bond donors (Lipinski definition) is 0. The van der Waals surface area contributed by atoms with E-state index >= 15 is 0 Å². The molecule has 0 spiro atoms. The number of hydrogen-bond acceptors (Lipinski definition) is 5. The molecule has 0 radical (unpaired) electrons. The minimum Gasteiger partial charge on any atom is -0.464 e. The van der Waals surface area contributed by atoms with Gasteiger partial charge in [0.05, 0.1) is 12.6 Å². The van der Waals surface area contributed by atoms with E-state index in [2.05, 4.69) is 0 Å². The van der Waals surface area contributed by atoms with Gasteiger partial charge < -0.3 is 14.3 Å². The van der Waals surface area contributed by atoms with Crippen molar-refractivity contribution in [1.82, 2.24) is 4.90 Å².